The number of fused-ring (bicyclic) bond motifs is 1. The fraction of sp³-hybridized carbons (Fsp3) is 0.378. The summed E-state index contributed by atoms with van der Waals surface area (Å²) in [4.78, 5) is 54.3. The van der Waals surface area contributed by atoms with Crippen LogP contribution >= 0.6 is 11.3 Å². The van der Waals surface area contributed by atoms with Crippen LogP contribution < -0.4 is 14.9 Å². The summed E-state index contributed by atoms with van der Waals surface area (Å²) in [7, 11) is -4.00. The maximum atomic E-state index is 13.7. The van der Waals surface area contributed by atoms with Crippen LogP contribution in [-0.4, -0.2) is 77.8 Å². The standard InChI is InChI=1S/C37H41N7O6S2/c1-22(2)41-52(48,49)29-18-27(17-28-19-44(35(46)33(28)29)24(4)26-13-14-26)34-23(3)38-36(51-34)40-30-11-8-12-31(39-30)43-16-15-42(20-32(43)45)37(47)50-21-25-9-6-5-7-10-25/h5-12,17-18,22,24,26,41H,13-16,19-21H2,1-4H3,(H,38,39,40)/t24-/m0/s1. The van der Waals surface area contributed by atoms with E-state index >= 15 is 0 Å². The molecule has 2 aromatic heterocycles. The number of hydrogen-bond acceptors (Lipinski definition) is 10. The number of aryl methyl sites for hydroxylation is 1. The topological polar surface area (TPSA) is 154 Å². The molecule has 2 N–H and O–H groups in total. The molecular weight excluding hydrogens is 703 g/mol. The highest BCUT2D eigenvalue weighted by Crippen LogP contribution is 2.42. The van der Waals surface area contributed by atoms with E-state index in [2.05, 4.69) is 15.0 Å². The van der Waals surface area contributed by atoms with Gasteiger partial charge in [-0.2, -0.15) is 0 Å². The van der Waals surface area contributed by atoms with Crippen LogP contribution in [-0.2, 0) is 32.7 Å². The molecule has 2 aromatic carbocycles. The van der Waals surface area contributed by atoms with Crippen molar-refractivity contribution >= 4 is 56.0 Å². The zero-order valence-electron chi connectivity index (χ0n) is 29.5. The number of carbonyl (C=O) groups excluding carboxylic acids is 3. The summed E-state index contributed by atoms with van der Waals surface area (Å²) in [6.45, 7) is 8.29. The van der Waals surface area contributed by atoms with Gasteiger partial charge >= 0.3 is 6.09 Å². The van der Waals surface area contributed by atoms with Gasteiger partial charge in [0.25, 0.3) is 5.91 Å². The minimum Gasteiger partial charge on any atom is -0.445 e. The zero-order chi connectivity index (χ0) is 36.7. The molecule has 272 valence electrons. The fourth-order valence-electron chi connectivity index (χ4n) is 6.67. The lowest BCUT2D eigenvalue weighted by molar-refractivity contribution is -0.121. The number of amides is 3. The Morgan fingerprint density at radius 2 is 1.77 bits per heavy atom. The summed E-state index contributed by atoms with van der Waals surface area (Å²) >= 11 is 1.34. The minimum absolute atomic E-state index is 0.0184. The molecule has 52 heavy (non-hydrogen) atoms. The molecule has 0 spiro atoms. The number of nitrogens with zero attached hydrogens (tertiary/aromatic N) is 5. The van der Waals surface area contributed by atoms with Gasteiger partial charge in [-0.15, -0.1) is 0 Å². The molecule has 3 amide bonds. The van der Waals surface area contributed by atoms with Crippen molar-refractivity contribution in [1.29, 1.82) is 0 Å². The van der Waals surface area contributed by atoms with Gasteiger partial charge in [-0.05, 0) is 87.4 Å². The number of carbonyl (C=O) groups is 3. The molecule has 15 heteroatoms. The van der Waals surface area contributed by atoms with Crippen LogP contribution in [0.5, 0.6) is 0 Å². The van der Waals surface area contributed by atoms with Crippen molar-refractivity contribution in [2.24, 2.45) is 5.92 Å². The molecule has 2 aliphatic heterocycles. The molecule has 7 rings (SSSR count). The SMILES string of the molecule is Cc1nc(Nc2cccc(N3CCN(C(=O)OCc4ccccc4)CC3=O)n2)sc1-c1cc2c(c(S(=O)(=O)NC(C)C)c1)C(=O)N([C@@H](C)C1CC1)C2. The highest BCUT2D eigenvalue weighted by atomic mass is 32.2. The van der Waals surface area contributed by atoms with Crippen molar-refractivity contribution in [3.8, 4) is 10.4 Å². The molecule has 3 aliphatic rings. The lowest BCUT2D eigenvalue weighted by Gasteiger charge is -2.33. The minimum atomic E-state index is -4.00. The number of hydrogen-bond donors (Lipinski definition) is 2. The molecule has 1 saturated carbocycles. The predicted octanol–water partition coefficient (Wildman–Crippen LogP) is 5.68. The first kappa shape index (κ1) is 35.5. The van der Waals surface area contributed by atoms with Crippen LogP contribution in [0, 0.1) is 12.8 Å². The molecular formula is C37H41N7O6S2. The number of thiazole rings is 1. The molecule has 0 unspecified atom stereocenters. The van der Waals surface area contributed by atoms with Crippen molar-refractivity contribution in [3.05, 3.63) is 83.0 Å². The summed E-state index contributed by atoms with van der Waals surface area (Å²) in [5.74, 6) is 0.804. The molecule has 0 radical (unpaired) electrons. The van der Waals surface area contributed by atoms with Gasteiger partial charge in [0, 0.05) is 31.7 Å². The van der Waals surface area contributed by atoms with Gasteiger partial charge in [-0.1, -0.05) is 47.7 Å². The highest BCUT2D eigenvalue weighted by Gasteiger charge is 2.41. The molecule has 13 nitrogen and oxygen atoms in total. The Balaban J connectivity index is 1.08. The Hall–Kier alpha value is -4.86. The maximum absolute atomic E-state index is 13.7. The first-order valence-electron chi connectivity index (χ1n) is 17.4. The third kappa shape index (κ3) is 7.38. The van der Waals surface area contributed by atoms with Gasteiger partial charge in [0.05, 0.1) is 21.0 Å². The van der Waals surface area contributed by atoms with E-state index < -0.39 is 16.1 Å². The van der Waals surface area contributed by atoms with Crippen LogP contribution in [0.15, 0.2) is 65.6 Å². The summed E-state index contributed by atoms with van der Waals surface area (Å²) < 4.78 is 35.4. The van der Waals surface area contributed by atoms with E-state index in [9.17, 15) is 22.8 Å². The molecule has 4 aromatic rings. The number of nitrogens with one attached hydrogen (secondary N) is 2. The second-order valence-corrected chi connectivity index (χ2v) is 16.4. The van der Waals surface area contributed by atoms with Gasteiger partial charge in [0.15, 0.2) is 5.13 Å². The summed E-state index contributed by atoms with van der Waals surface area (Å²) in [5, 5.41) is 3.77. The van der Waals surface area contributed by atoms with Crippen molar-refractivity contribution in [1.82, 2.24) is 24.5 Å². The zero-order valence-corrected chi connectivity index (χ0v) is 31.1. The second-order valence-electron chi connectivity index (χ2n) is 13.7. The lowest BCUT2D eigenvalue weighted by atomic mass is 10.0. The smallest absolute Gasteiger partial charge is 0.410 e. The van der Waals surface area contributed by atoms with Gasteiger partial charge in [-0.3, -0.25) is 19.4 Å². The third-order valence-electron chi connectivity index (χ3n) is 9.46. The molecule has 4 heterocycles. The van der Waals surface area contributed by atoms with E-state index in [1.807, 2.05) is 50.2 Å². The molecule has 0 bridgehead atoms. The number of pyridine rings is 1. The molecule has 1 saturated heterocycles. The average Bonchev–Trinajstić information content (AvgIpc) is 3.83. The average molecular weight is 744 g/mol. The Morgan fingerprint density at radius 3 is 2.48 bits per heavy atom. The number of benzene rings is 2. The highest BCUT2D eigenvalue weighted by molar-refractivity contribution is 7.89. The van der Waals surface area contributed by atoms with Gasteiger partial charge in [0.2, 0.25) is 15.9 Å². The summed E-state index contributed by atoms with van der Waals surface area (Å²) in [6, 6.07) is 17.8. The molecule has 1 aliphatic carbocycles. The lowest BCUT2D eigenvalue weighted by Crippen LogP contribution is -2.52. The predicted molar refractivity (Wildman–Crippen MR) is 198 cm³/mol. The first-order valence-corrected chi connectivity index (χ1v) is 19.7. The van der Waals surface area contributed by atoms with E-state index in [4.69, 9.17) is 9.72 Å². The normalized spacial score (nSPS) is 16.8. The van der Waals surface area contributed by atoms with Gasteiger partial charge in [0.1, 0.15) is 24.8 Å². The van der Waals surface area contributed by atoms with E-state index in [1.165, 1.54) is 21.1 Å². The van der Waals surface area contributed by atoms with Crippen LogP contribution in [0.25, 0.3) is 10.4 Å². The van der Waals surface area contributed by atoms with Crippen molar-refractivity contribution in [2.45, 2.75) is 70.7 Å². The second kappa shape index (κ2) is 14.3. The molecule has 1 atom stereocenters. The van der Waals surface area contributed by atoms with Crippen molar-refractivity contribution < 1.29 is 27.5 Å². The number of aromatic nitrogens is 2. The van der Waals surface area contributed by atoms with E-state index in [0.717, 1.165) is 23.3 Å². The van der Waals surface area contributed by atoms with E-state index in [0.29, 0.717) is 52.6 Å². The Kier molecular flexibility index (Phi) is 9.76. The summed E-state index contributed by atoms with van der Waals surface area (Å²) in [6.07, 6.45) is 1.59. The fourth-order valence-corrected chi connectivity index (χ4v) is 9.15. The Labute approximate surface area is 307 Å². The Morgan fingerprint density at radius 1 is 1.00 bits per heavy atom. The number of ether oxygens (including phenoxy) is 1. The number of rotatable bonds is 11. The largest absolute Gasteiger partial charge is 0.445 e. The quantitative estimate of drug-likeness (QED) is 0.197. The number of anilines is 3. The summed E-state index contributed by atoms with van der Waals surface area (Å²) in [5.41, 5.74) is 3.13. The first-order chi connectivity index (χ1) is 24.9. The molecule has 2 fully saturated rings. The number of piperazine rings is 1. The van der Waals surface area contributed by atoms with E-state index in [-0.39, 0.29) is 54.1 Å². The van der Waals surface area contributed by atoms with Crippen LogP contribution in [0.2, 0.25) is 0 Å². The Bertz CT molecular complexity index is 2130. The van der Waals surface area contributed by atoms with Gasteiger partial charge < -0.3 is 15.0 Å². The van der Waals surface area contributed by atoms with E-state index in [1.54, 1.807) is 43.0 Å². The monoisotopic (exact) mass is 743 g/mol. The third-order valence-corrected chi connectivity index (χ3v) is 12.3. The van der Waals surface area contributed by atoms with Crippen LogP contribution in [0.1, 0.15) is 60.8 Å². The van der Waals surface area contributed by atoms with Gasteiger partial charge in [-0.25, -0.2) is 27.9 Å². The van der Waals surface area contributed by atoms with Crippen LogP contribution in [0.3, 0.4) is 0 Å². The van der Waals surface area contributed by atoms with Crippen molar-refractivity contribution in [3.63, 3.8) is 0 Å². The maximum Gasteiger partial charge on any atom is 0.410 e. The van der Waals surface area contributed by atoms with Crippen molar-refractivity contribution in [2.75, 3.05) is 29.9 Å². The van der Waals surface area contributed by atoms with Crippen LogP contribution in [0.4, 0.5) is 21.6 Å². The number of sulfonamides is 1.